The van der Waals surface area contributed by atoms with Gasteiger partial charge in [-0.15, -0.1) is 0 Å². The third-order valence-corrected chi connectivity index (χ3v) is 1.73. The zero-order valence-corrected chi connectivity index (χ0v) is 8.56. The summed E-state index contributed by atoms with van der Waals surface area (Å²) in [7, 11) is 1.58. The summed E-state index contributed by atoms with van der Waals surface area (Å²) in [6.45, 7) is 1.63. The van der Waals surface area contributed by atoms with Crippen LogP contribution < -0.4 is 10.1 Å². The highest BCUT2D eigenvalue weighted by Gasteiger charge is 1.97. The van der Waals surface area contributed by atoms with Crippen LogP contribution in [-0.2, 0) is 0 Å². The van der Waals surface area contributed by atoms with Crippen molar-refractivity contribution in [1.29, 1.82) is 0 Å². The van der Waals surface area contributed by atoms with Crippen LogP contribution >= 0.6 is 0 Å². The zero-order valence-electron chi connectivity index (χ0n) is 8.56. The normalized spacial score (nSPS) is 10.9. The molecule has 5 heteroatoms. The van der Waals surface area contributed by atoms with Gasteiger partial charge in [-0.25, -0.2) is 0 Å². The van der Waals surface area contributed by atoms with Crippen molar-refractivity contribution in [3.8, 4) is 5.75 Å². The van der Waals surface area contributed by atoms with Gasteiger partial charge in [-0.1, -0.05) is 0 Å². The Morgan fingerprint density at radius 2 is 2.07 bits per heavy atom. The number of allylic oxidation sites excluding steroid dienone is 1. The summed E-state index contributed by atoms with van der Waals surface area (Å²) in [5.41, 5.74) is 1.26. The Balaban J connectivity index is 2.69. The summed E-state index contributed by atoms with van der Waals surface area (Å²) in [4.78, 5) is 9.68. The van der Waals surface area contributed by atoms with E-state index in [1.54, 1.807) is 38.3 Å². The molecule has 0 atom stereocenters. The molecule has 5 nitrogen and oxygen atoms in total. The highest BCUT2D eigenvalue weighted by molar-refractivity contribution is 5.49. The maximum Gasteiger partial charge on any atom is 0.253 e. The molecule has 0 amide bonds. The van der Waals surface area contributed by atoms with Gasteiger partial charge in [-0.2, -0.15) is 0 Å². The van der Waals surface area contributed by atoms with Crippen LogP contribution in [0.1, 0.15) is 6.92 Å². The van der Waals surface area contributed by atoms with Gasteiger partial charge in [0.05, 0.1) is 17.7 Å². The van der Waals surface area contributed by atoms with E-state index in [2.05, 4.69) is 5.32 Å². The molecule has 1 aromatic rings. The Kier molecular flexibility index (Phi) is 3.68. The second-order valence-corrected chi connectivity index (χ2v) is 2.95. The molecule has 80 valence electrons. The maximum atomic E-state index is 10.2. The van der Waals surface area contributed by atoms with Crippen molar-refractivity contribution in [2.24, 2.45) is 0 Å². The predicted octanol–water partition coefficient (Wildman–Crippen LogP) is 2.25. The third-order valence-electron chi connectivity index (χ3n) is 1.73. The Morgan fingerprint density at radius 3 is 2.53 bits per heavy atom. The Hall–Kier alpha value is -2.04. The fourth-order valence-electron chi connectivity index (χ4n) is 1.09. The fraction of sp³-hybridized carbons (Fsp3) is 0.200. The average Bonchev–Trinajstić information content (AvgIpc) is 2.17. The molecule has 0 aliphatic carbocycles. The second kappa shape index (κ2) is 4.99. The minimum absolute atomic E-state index is 0.477. The molecular weight excluding hydrogens is 196 g/mol. The number of rotatable bonds is 4. The van der Waals surface area contributed by atoms with Gasteiger partial charge >= 0.3 is 0 Å². The lowest BCUT2D eigenvalue weighted by atomic mass is 10.3. The van der Waals surface area contributed by atoms with Crippen molar-refractivity contribution in [3.63, 3.8) is 0 Å². The van der Waals surface area contributed by atoms with Crippen LogP contribution in [0.4, 0.5) is 5.69 Å². The van der Waals surface area contributed by atoms with E-state index >= 15 is 0 Å². The Labute approximate surface area is 87.5 Å². The molecular formula is C10H12N2O3. The molecule has 0 aliphatic heterocycles. The fourth-order valence-corrected chi connectivity index (χ4v) is 1.09. The molecule has 1 aromatic carbocycles. The van der Waals surface area contributed by atoms with Gasteiger partial charge in [-0.3, -0.25) is 10.1 Å². The lowest BCUT2D eigenvalue weighted by Crippen LogP contribution is -1.98. The van der Waals surface area contributed by atoms with Gasteiger partial charge < -0.3 is 10.1 Å². The van der Waals surface area contributed by atoms with E-state index in [1.165, 1.54) is 0 Å². The van der Waals surface area contributed by atoms with E-state index in [0.29, 0.717) is 5.70 Å². The first kappa shape index (κ1) is 11.0. The number of benzene rings is 1. The lowest BCUT2D eigenvalue weighted by molar-refractivity contribution is -0.403. The molecule has 0 unspecified atom stereocenters. The van der Waals surface area contributed by atoms with Crippen molar-refractivity contribution in [2.45, 2.75) is 6.92 Å². The van der Waals surface area contributed by atoms with Gasteiger partial charge in [-0.05, 0) is 31.2 Å². The monoisotopic (exact) mass is 208 g/mol. The molecule has 0 radical (unpaired) electrons. The van der Waals surface area contributed by atoms with Crippen LogP contribution in [0.15, 0.2) is 36.2 Å². The standard InChI is InChI=1S/C10H12N2O3/c1-8(7-12(13)14)11-9-3-5-10(15-2)6-4-9/h3-7,11H,1-2H3. The molecule has 1 N–H and O–H groups in total. The SMILES string of the molecule is COc1ccc(NC(C)=C[N+](=O)[O-])cc1. The van der Waals surface area contributed by atoms with Crippen LogP contribution in [0.5, 0.6) is 5.75 Å². The highest BCUT2D eigenvalue weighted by atomic mass is 16.6. The first-order valence-electron chi connectivity index (χ1n) is 4.35. The smallest absolute Gasteiger partial charge is 0.253 e. The van der Waals surface area contributed by atoms with Crippen molar-refractivity contribution in [3.05, 3.63) is 46.3 Å². The summed E-state index contributed by atoms with van der Waals surface area (Å²) >= 11 is 0. The van der Waals surface area contributed by atoms with Crippen LogP contribution in [-0.4, -0.2) is 12.0 Å². The second-order valence-electron chi connectivity index (χ2n) is 2.95. The van der Waals surface area contributed by atoms with Gasteiger partial charge in [0.15, 0.2) is 0 Å². The summed E-state index contributed by atoms with van der Waals surface area (Å²) in [5.74, 6) is 0.747. The molecule has 0 fully saturated rings. The Bertz CT molecular complexity index is 371. The molecule has 15 heavy (non-hydrogen) atoms. The van der Waals surface area contributed by atoms with E-state index in [-0.39, 0.29) is 0 Å². The zero-order chi connectivity index (χ0) is 11.3. The van der Waals surface area contributed by atoms with Crippen molar-refractivity contribution < 1.29 is 9.66 Å². The summed E-state index contributed by atoms with van der Waals surface area (Å²) in [6.07, 6.45) is 0.921. The molecule has 0 heterocycles. The first-order chi connectivity index (χ1) is 7.11. The number of nitrogens with one attached hydrogen (secondary N) is 1. The van der Waals surface area contributed by atoms with Crippen LogP contribution in [0.2, 0.25) is 0 Å². The van der Waals surface area contributed by atoms with E-state index in [0.717, 1.165) is 17.6 Å². The van der Waals surface area contributed by atoms with E-state index < -0.39 is 4.92 Å². The molecule has 1 rings (SSSR count). The van der Waals surface area contributed by atoms with Gasteiger partial charge in [0, 0.05) is 5.69 Å². The van der Waals surface area contributed by atoms with Gasteiger partial charge in [0.2, 0.25) is 0 Å². The molecule has 0 spiro atoms. The summed E-state index contributed by atoms with van der Waals surface area (Å²) < 4.78 is 4.99. The molecule has 0 bridgehead atoms. The number of hydrogen-bond donors (Lipinski definition) is 1. The van der Waals surface area contributed by atoms with Crippen molar-refractivity contribution in [1.82, 2.24) is 0 Å². The maximum absolute atomic E-state index is 10.2. The van der Waals surface area contributed by atoms with Crippen LogP contribution in [0, 0.1) is 10.1 Å². The van der Waals surface area contributed by atoms with Crippen molar-refractivity contribution in [2.75, 3.05) is 12.4 Å². The molecule has 0 saturated carbocycles. The molecule has 0 aliphatic rings. The number of methoxy groups -OCH3 is 1. The summed E-state index contributed by atoms with van der Waals surface area (Å²) in [5, 5.41) is 13.1. The Morgan fingerprint density at radius 1 is 1.47 bits per heavy atom. The molecule has 0 saturated heterocycles. The summed E-state index contributed by atoms with van der Waals surface area (Å²) in [6, 6.07) is 7.13. The number of anilines is 1. The number of ether oxygens (including phenoxy) is 1. The number of nitro groups is 1. The number of nitrogens with zero attached hydrogens (tertiary/aromatic N) is 1. The largest absolute Gasteiger partial charge is 0.497 e. The first-order valence-corrected chi connectivity index (χ1v) is 4.35. The third kappa shape index (κ3) is 3.68. The highest BCUT2D eigenvalue weighted by Crippen LogP contribution is 2.16. The topological polar surface area (TPSA) is 64.4 Å². The minimum atomic E-state index is -0.494. The predicted molar refractivity (Wildman–Crippen MR) is 57.4 cm³/mol. The minimum Gasteiger partial charge on any atom is -0.497 e. The quantitative estimate of drug-likeness (QED) is 0.608. The lowest BCUT2D eigenvalue weighted by Gasteiger charge is -2.05. The van der Waals surface area contributed by atoms with E-state index in [1.807, 2.05) is 0 Å². The van der Waals surface area contributed by atoms with Crippen LogP contribution in [0.25, 0.3) is 0 Å². The van der Waals surface area contributed by atoms with Gasteiger partial charge in [0.25, 0.3) is 6.20 Å². The average molecular weight is 208 g/mol. The molecule has 0 aromatic heterocycles. The van der Waals surface area contributed by atoms with Crippen LogP contribution in [0.3, 0.4) is 0 Å². The van der Waals surface area contributed by atoms with E-state index in [9.17, 15) is 10.1 Å². The van der Waals surface area contributed by atoms with Gasteiger partial charge in [0.1, 0.15) is 5.75 Å². The van der Waals surface area contributed by atoms with Crippen molar-refractivity contribution >= 4 is 5.69 Å². The number of hydrogen-bond acceptors (Lipinski definition) is 4. The van der Waals surface area contributed by atoms with E-state index in [4.69, 9.17) is 4.74 Å².